The molecule has 0 radical (unpaired) electrons. The quantitative estimate of drug-likeness (QED) is 0.606. The number of ether oxygens (including phenoxy) is 1. The number of sulfonamides is 1. The highest BCUT2D eigenvalue weighted by Gasteiger charge is 2.39. The Bertz CT molecular complexity index is 585. The van der Waals surface area contributed by atoms with Gasteiger partial charge in [-0.05, 0) is 30.5 Å². The van der Waals surface area contributed by atoms with Crippen LogP contribution in [0.15, 0.2) is 29.2 Å². The summed E-state index contributed by atoms with van der Waals surface area (Å²) in [5.41, 5.74) is 0.995. The number of esters is 1. The molecule has 1 fully saturated rings. The molecule has 0 aromatic heterocycles. The van der Waals surface area contributed by atoms with Gasteiger partial charge in [0, 0.05) is 11.9 Å². The molecule has 1 aliphatic rings. The first-order chi connectivity index (χ1) is 9.50. The molecule has 0 bridgehead atoms. The highest BCUT2D eigenvalue weighted by molar-refractivity contribution is 9.08. The van der Waals surface area contributed by atoms with Crippen molar-refractivity contribution in [2.45, 2.75) is 29.1 Å². The van der Waals surface area contributed by atoms with E-state index < -0.39 is 22.0 Å². The number of hydrogen-bond acceptors (Lipinski definition) is 4. The molecule has 2 rings (SSSR count). The number of carbonyl (C=O) groups is 1. The molecule has 1 heterocycles. The predicted octanol–water partition coefficient (Wildman–Crippen LogP) is 1.91. The molecular formula is C13H16BrNO4S. The number of hydrogen-bond donors (Lipinski definition) is 0. The van der Waals surface area contributed by atoms with Gasteiger partial charge in [0.25, 0.3) is 0 Å². The molecule has 1 unspecified atom stereocenters. The molecule has 1 aliphatic heterocycles. The molecule has 0 N–H and O–H groups in total. The zero-order valence-corrected chi connectivity index (χ0v) is 13.5. The first kappa shape index (κ1) is 15.5. The first-order valence-corrected chi connectivity index (χ1v) is 8.81. The van der Waals surface area contributed by atoms with Gasteiger partial charge >= 0.3 is 5.97 Å². The largest absolute Gasteiger partial charge is 0.468 e. The van der Waals surface area contributed by atoms with Gasteiger partial charge in [-0.25, -0.2) is 8.42 Å². The van der Waals surface area contributed by atoms with Crippen LogP contribution in [0.5, 0.6) is 0 Å². The van der Waals surface area contributed by atoms with Crippen LogP contribution in [0.3, 0.4) is 0 Å². The van der Waals surface area contributed by atoms with E-state index >= 15 is 0 Å². The number of benzene rings is 1. The Morgan fingerprint density at radius 2 is 2.05 bits per heavy atom. The topological polar surface area (TPSA) is 63.7 Å². The Labute approximate surface area is 127 Å². The van der Waals surface area contributed by atoms with Gasteiger partial charge in [-0.1, -0.05) is 28.1 Å². The van der Waals surface area contributed by atoms with Crippen molar-refractivity contribution in [3.05, 3.63) is 29.8 Å². The van der Waals surface area contributed by atoms with Crippen molar-refractivity contribution in [1.82, 2.24) is 4.31 Å². The Morgan fingerprint density at radius 1 is 1.40 bits per heavy atom. The highest BCUT2D eigenvalue weighted by atomic mass is 79.9. The molecule has 1 aromatic rings. The molecule has 1 saturated heterocycles. The van der Waals surface area contributed by atoms with Crippen molar-refractivity contribution in [3.8, 4) is 0 Å². The normalized spacial score (nSPS) is 20.0. The van der Waals surface area contributed by atoms with Crippen LogP contribution >= 0.6 is 15.9 Å². The van der Waals surface area contributed by atoms with E-state index in [1.807, 2.05) is 0 Å². The van der Waals surface area contributed by atoms with Crippen LogP contribution in [0, 0.1) is 0 Å². The van der Waals surface area contributed by atoms with Crippen LogP contribution in [0.4, 0.5) is 0 Å². The summed E-state index contributed by atoms with van der Waals surface area (Å²) in [6, 6.07) is 5.94. The molecule has 20 heavy (non-hydrogen) atoms. The third kappa shape index (κ3) is 2.89. The third-order valence-corrected chi connectivity index (χ3v) is 5.93. The zero-order valence-electron chi connectivity index (χ0n) is 11.1. The van der Waals surface area contributed by atoms with E-state index in [4.69, 9.17) is 0 Å². The molecule has 0 amide bonds. The number of halogens is 1. The Hall–Kier alpha value is -0.920. The smallest absolute Gasteiger partial charge is 0.324 e. The van der Waals surface area contributed by atoms with E-state index in [-0.39, 0.29) is 4.90 Å². The van der Waals surface area contributed by atoms with Crippen molar-refractivity contribution >= 4 is 31.9 Å². The van der Waals surface area contributed by atoms with E-state index in [0.29, 0.717) is 24.7 Å². The fourth-order valence-electron chi connectivity index (χ4n) is 2.29. The number of rotatable bonds is 4. The van der Waals surface area contributed by atoms with Gasteiger partial charge in [-0.2, -0.15) is 4.31 Å². The Balaban J connectivity index is 2.31. The zero-order chi connectivity index (χ0) is 14.8. The van der Waals surface area contributed by atoms with Crippen molar-refractivity contribution in [1.29, 1.82) is 0 Å². The minimum Gasteiger partial charge on any atom is -0.468 e. The molecule has 0 spiro atoms. The monoisotopic (exact) mass is 361 g/mol. The maximum absolute atomic E-state index is 12.6. The molecule has 1 aromatic carbocycles. The lowest BCUT2D eigenvalue weighted by Gasteiger charge is -2.22. The lowest BCUT2D eigenvalue weighted by atomic mass is 10.2. The SMILES string of the molecule is COC(=O)C1CCCN1S(=O)(=O)c1ccc(CBr)cc1. The highest BCUT2D eigenvalue weighted by Crippen LogP contribution is 2.27. The number of nitrogens with zero attached hydrogens (tertiary/aromatic N) is 1. The Morgan fingerprint density at radius 3 is 2.60 bits per heavy atom. The minimum absolute atomic E-state index is 0.206. The molecule has 0 saturated carbocycles. The van der Waals surface area contributed by atoms with Gasteiger partial charge in [0.05, 0.1) is 12.0 Å². The summed E-state index contributed by atoms with van der Waals surface area (Å²) in [5, 5.41) is 0.668. The molecule has 1 atom stereocenters. The van der Waals surface area contributed by atoms with Crippen molar-refractivity contribution in [2.24, 2.45) is 0 Å². The summed E-state index contributed by atoms with van der Waals surface area (Å²) in [4.78, 5) is 11.9. The fourth-order valence-corrected chi connectivity index (χ4v) is 4.31. The van der Waals surface area contributed by atoms with Crippen LogP contribution in [0.25, 0.3) is 0 Å². The van der Waals surface area contributed by atoms with Crippen LogP contribution in [0.2, 0.25) is 0 Å². The van der Waals surface area contributed by atoms with Crippen LogP contribution in [0.1, 0.15) is 18.4 Å². The molecule has 5 nitrogen and oxygen atoms in total. The van der Waals surface area contributed by atoms with Gasteiger partial charge in [0.2, 0.25) is 10.0 Å². The number of methoxy groups -OCH3 is 1. The summed E-state index contributed by atoms with van der Waals surface area (Å²) in [6.07, 6.45) is 1.17. The van der Waals surface area contributed by atoms with Gasteiger partial charge in [0.15, 0.2) is 0 Å². The maximum Gasteiger partial charge on any atom is 0.324 e. The minimum atomic E-state index is -3.65. The Kier molecular flexibility index (Phi) is 4.82. The average molecular weight is 362 g/mol. The summed E-state index contributed by atoms with van der Waals surface area (Å²) in [7, 11) is -2.38. The van der Waals surface area contributed by atoms with Gasteiger partial charge in [-0.3, -0.25) is 4.79 Å². The average Bonchev–Trinajstić information content (AvgIpc) is 2.96. The molecule has 110 valence electrons. The molecule has 7 heteroatoms. The third-order valence-electron chi connectivity index (χ3n) is 3.36. The van der Waals surface area contributed by atoms with Gasteiger partial charge in [-0.15, -0.1) is 0 Å². The molecule has 0 aliphatic carbocycles. The van der Waals surface area contributed by atoms with Crippen LogP contribution in [-0.2, 0) is 24.9 Å². The van der Waals surface area contributed by atoms with E-state index in [2.05, 4.69) is 20.7 Å². The molecular weight excluding hydrogens is 346 g/mol. The van der Waals surface area contributed by atoms with E-state index in [9.17, 15) is 13.2 Å². The maximum atomic E-state index is 12.6. The lowest BCUT2D eigenvalue weighted by Crippen LogP contribution is -2.41. The van der Waals surface area contributed by atoms with E-state index in [1.54, 1.807) is 24.3 Å². The van der Waals surface area contributed by atoms with Crippen LogP contribution in [-0.4, -0.2) is 38.4 Å². The lowest BCUT2D eigenvalue weighted by molar-refractivity contribution is -0.144. The van der Waals surface area contributed by atoms with Crippen LogP contribution < -0.4 is 0 Å². The number of alkyl halides is 1. The summed E-state index contributed by atoms with van der Waals surface area (Å²) < 4.78 is 31.1. The second-order valence-corrected chi connectivity index (χ2v) is 7.03. The van der Waals surface area contributed by atoms with Gasteiger partial charge in [0.1, 0.15) is 6.04 Å². The summed E-state index contributed by atoms with van der Waals surface area (Å²) in [5.74, 6) is -0.497. The second-order valence-electron chi connectivity index (χ2n) is 4.57. The summed E-state index contributed by atoms with van der Waals surface area (Å²) in [6.45, 7) is 0.349. The predicted molar refractivity (Wildman–Crippen MR) is 78.0 cm³/mol. The van der Waals surface area contributed by atoms with Crippen molar-refractivity contribution in [3.63, 3.8) is 0 Å². The second kappa shape index (κ2) is 6.24. The van der Waals surface area contributed by atoms with Crippen molar-refractivity contribution < 1.29 is 17.9 Å². The fraction of sp³-hybridized carbons (Fsp3) is 0.462. The first-order valence-electron chi connectivity index (χ1n) is 6.25. The van der Waals surface area contributed by atoms with E-state index in [1.165, 1.54) is 11.4 Å². The summed E-state index contributed by atoms with van der Waals surface area (Å²) >= 11 is 3.32. The standard InChI is InChI=1S/C13H16BrNO4S/c1-19-13(16)12-3-2-8-15(12)20(17,18)11-6-4-10(9-14)5-7-11/h4-7,12H,2-3,8-9H2,1H3. The number of carbonyl (C=O) groups excluding carboxylic acids is 1. The van der Waals surface area contributed by atoms with Crippen molar-refractivity contribution in [2.75, 3.05) is 13.7 Å². The van der Waals surface area contributed by atoms with E-state index in [0.717, 1.165) is 5.56 Å². The van der Waals surface area contributed by atoms with Gasteiger partial charge < -0.3 is 4.74 Å².